The van der Waals surface area contributed by atoms with Crippen molar-refractivity contribution in [3.63, 3.8) is 0 Å². The van der Waals surface area contributed by atoms with Gasteiger partial charge in [0.15, 0.2) is 5.54 Å². The van der Waals surface area contributed by atoms with Crippen LogP contribution in [0.4, 0.5) is 0 Å². The molecule has 1 fully saturated rings. The highest BCUT2D eigenvalue weighted by atomic mass is 16.5. The molecular weight excluding hydrogens is 476 g/mol. The number of aliphatic carboxylic acids is 2. The number of methoxy groups -OCH3 is 1. The van der Waals surface area contributed by atoms with Crippen LogP contribution in [0.5, 0.6) is 5.75 Å². The summed E-state index contributed by atoms with van der Waals surface area (Å²) in [6.07, 6.45) is -0.610. The monoisotopic (exact) mass is 510 g/mol. The Morgan fingerprint density at radius 2 is 1.65 bits per heavy atom. The lowest BCUT2D eigenvalue weighted by Gasteiger charge is -2.48. The van der Waals surface area contributed by atoms with E-state index in [0.29, 0.717) is 11.3 Å². The lowest BCUT2D eigenvalue weighted by atomic mass is 9.84. The number of amides is 2. The second-order valence-corrected chi connectivity index (χ2v) is 10.3. The molecule has 1 unspecified atom stereocenters. The Labute approximate surface area is 216 Å². The highest BCUT2D eigenvalue weighted by Crippen LogP contribution is 2.34. The number of hydrogen-bond donors (Lipinski definition) is 2. The number of carboxylic acid groups (broad SMARTS) is 2. The summed E-state index contributed by atoms with van der Waals surface area (Å²) in [4.78, 5) is 53.2. The van der Waals surface area contributed by atoms with Crippen LogP contribution in [0.2, 0.25) is 0 Å². The molecule has 37 heavy (non-hydrogen) atoms. The Bertz CT molecular complexity index is 1170. The van der Waals surface area contributed by atoms with Crippen LogP contribution >= 0.6 is 0 Å². The van der Waals surface area contributed by atoms with Gasteiger partial charge in [0.1, 0.15) is 5.75 Å². The minimum Gasteiger partial charge on any atom is -0.496 e. The van der Waals surface area contributed by atoms with Crippen LogP contribution in [0.15, 0.2) is 48.5 Å². The number of ether oxygens (including phenoxy) is 1. The lowest BCUT2D eigenvalue weighted by Crippen LogP contribution is -2.69. The van der Waals surface area contributed by atoms with Gasteiger partial charge in [-0.15, -0.1) is 0 Å². The molecule has 2 amide bonds. The predicted molar refractivity (Wildman–Crippen MR) is 137 cm³/mol. The number of benzene rings is 2. The van der Waals surface area contributed by atoms with Gasteiger partial charge < -0.3 is 24.7 Å². The number of carbonyl (C=O) groups excluding carboxylic acids is 2. The van der Waals surface area contributed by atoms with Crippen molar-refractivity contribution in [1.29, 1.82) is 0 Å². The van der Waals surface area contributed by atoms with E-state index < -0.39 is 29.3 Å². The van der Waals surface area contributed by atoms with E-state index in [1.54, 1.807) is 36.4 Å². The van der Waals surface area contributed by atoms with Gasteiger partial charge >= 0.3 is 11.9 Å². The van der Waals surface area contributed by atoms with Gasteiger partial charge in [-0.05, 0) is 28.7 Å². The molecule has 0 spiro atoms. The molecule has 0 aliphatic carbocycles. The molecule has 0 radical (unpaired) electrons. The second kappa shape index (κ2) is 11.0. The fourth-order valence-corrected chi connectivity index (χ4v) is 4.74. The van der Waals surface area contributed by atoms with Crippen LogP contribution in [0.1, 0.15) is 55.1 Å². The van der Waals surface area contributed by atoms with Crippen molar-refractivity contribution in [1.82, 2.24) is 9.80 Å². The van der Waals surface area contributed by atoms with Gasteiger partial charge in [-0.1, -0.05) is 57.2 Å². The molecule has 9 heteroatoms. The van der Waals surface area contributed by atoms with Crippen molar-refractivity contribution in [2.24, 2.45) is 0 Å². The van der Waals surface area contributed by atoms with E-state index in [1.165, 1.54) is 16.9 Å². The molecule has 1 aliphatic rings. The first-order valence-corrected chi connectivity index (χ1v) is 12.2. The van der Waals surface area contributed by atoms with Crippen LogP contribution in [0.3, 0.4) is 0 Å². The van der Waals surface area contributed by atoms with E-state index in [0.717, 1.165) is 5.56 Å². The lowest BCUT2D eigenvalue weighted by molar-refractivity contribution is -0.157. The highest BCUT2D eigenvalue weighted by Gasteiger charge is 2.51. The summed E-state index contributed by atoms with van der Waals surface area (Å²) in [5.74, 6) is -2.74. The molecule has 0 saturated carbocycles. The van der Waals surface area contributed by atoms with Gasteiger partial charge in [0, 0.05) is 31.5 Å². The van der Waals surface area contributed by atoms with Crippen LogP contribution in [0.25, 0.3) is 0 Å². The minimum absolute atomic E-state index is 0.0138. The Kier molecular flexibility index (Phi) is 8.25. The maximum atomic E-state index is 13.9. The summed E-state index contributed by atoms with van der Waals surface area (Å²) < 4.78 is 5.55. The predicted octanol–water partition coefficient (Wildman–Crippen LogP) is 3.21. The van der Waals surface area contributed by atoms with Crippen LogP contribution in [-0.2, 0) is 26.2 Å². The first kappa shape index (κ1) is 27.7. The number of rotatable bonds is 8. The zero-order valence-electron chi connectivity index (χ0n) is 21.7. The highest BCUT2D eigenvalue weighted by molar-refractivity contribution is 5.99. The number of nitrogens with zero attached hydrogens (tertiary/aromatic N) is 2. The van der Waals surface area contributed by atoms with Crippen molar-refractivity contribution < 1.29 is 34.1 Å². The Morgan fingerprint density at radius 1 is 0.973 bits per heavy atom. The molecule has 1 heterocycles. The maximum absolute atomic E-state index is 13.9. The Balaban J connectivity index is 2.03. The fourth-order valence-electron chi connectivity index (χ4n) is 4.74. The molecule has 2 aromatic rings. The summed E-state index contributed by atoms with van der Waals surface area (Å²) in [5.41, 5.74) is -0.0787. The number of carboxylic acids is 2. The smallest absolute Gasteiger partial charge is 0.331 e. The average Bonchev–Trinajstić information content (AvgIpc) is 2.86. The van der Waals surface area contributed by atoms with Crippen LogP contribution in [-0.4, -0.2) is 76.0 Å². The van der Waals surface area contributed by atoms with E-state index in [1.807, 2.05) is 32.9 Å². The summed E-state index contributed by atoms with van der Waals surface area (Å²) in [7, 11) is 1.53. The zero-order valence-corrected chi connectivity index (χ0v) is 21.7. The normalized spacial score (nSPS) is 17.8. The fraction of sp³-hybridized carbons (Fsp3) is 0.429. The van der Waals surface area contributed by atoms with Crippen molar-refractivity contribution in [3.05, 3.63) is 65.2 Å². The van der Waals surface area contributed by atoms with Crippen molar-refractivity contribution in [3.8, 4) is 5.75 Å². The van der Waals surface area contributed by atoms with Crippen LogP contribution < -0.4 is 4.74 Å². The summed E-state index contributed by atoms with van der Waals surface area (Å²) in [6, 6.07) is 14.0. The third-order valence-corrected chi connectivity index (χ3v) is 6.71. The largest absolute Gasteiger partial charge is 0.496 e. The standard InChI is InChI=1S/C28H34N2O7/c1-27(2,3)21-11-10-20(16-22(21)37-4)25(34)30-15-14-29(23(31)12-13-24(32)33)18-28(30,26(35)36)17-19-8-6-5-7-9-19/h5-11,16H,12-15,17-18H2,1-4H3,(H,32,33)(H,35,36). The molecular formula is C28H34N2O7. The summed E-state index contributed by atoms with van der Waals surface area (Å²) in [5, 5.41) is 19.5. The first-order valence-electron chi connectivity index (χ1n) is 12.2. The van der Waals surface area contributed by atoms with Crippen molar-refractivity contribution >= 4 is 23.8 Å². The van der Waals surface area contributed by atoms with Crippen molar-refractivity contribution in [2.45, 2.75) is 51.0 Å². The number of hydrogen-bond acceptors (Lipinski definition) is 5. The molecule has 9 nitrogen and oxygen atoms in total. The SMILES string of the molecule is COc1cc(C(=O)N2CCN(C(=O)CCC(=O)O)CC2(Cc2ccccc2)C(=O)O)ccc1C(C)(C)C. The molecule has 0 bridgehead atoms. The maximum Gasteiger partial charge on any atom is 0.331 e. The van der Waals surface area contributed by atoms with Gasteiger partial charge in [-0.3, -0.25) is 14.4 Å². The van der Waals surface area contributed by atoms with E-state index in [-0.39, 0.29) is 49.9 Å². The third kappa shape index (κ3) is 6.10. The second-order valence-electron chi connectivity index (χ2n) is 10.3. The molecule has 2 N–H and O–H groups in total. The first-order chi connectivity index (χ1) is 17.4. The minimum atomic E-state index is -1.74. The van der Waals surface area contributed by atoms with Gasteiger partial charge in [0.2, 0.25) is 5.91 Å². The van der Waals surface area contributed by atoms with Crippen LogP contribution in [0, 0.1) is 0 Å². The van der Waals surface area contributed by atoms with E-state index in [2.05, 4.69) is 0 Å². The molecule has 1 aliphatic heterocycles. The number of carbonyl (C=O) groups is 4. The number of piperazine rings is 1. The van der Waals surface area contributed by atoms with Gasteiger partial charge in [0.05, 0.1) is 20.1 Å². The molecule has 198 valence electrons. The third-order valence-electron chi connectivity index (χ3n) is 6.71. The topological polar surface area (TPSA) is 124 Å². The molecule has 1 saturated heterocycles. The molecule has 3 rings (SSSR count). The summed E-state index contributed by atoms with van der Waals surface area (Å²) >= 11 is 0. The van der Waals surface area contributed by atoms with Gasteiger partial charge in [0.25, 0.3) is 5.91 Å². The molecule has 0 aromatic heterocycles. The summed E-state index contributed by atoms with van der Waals surface area (Å²) in [6.45, 7) is 5.93. The molecule has 1 atom stereocenters. The zero-order chi connectivity index (χ0) is 27.4. The quantitative estimate of drug-likeness (QED) is 0.559. The van der Waals surface area contributed by atoms with E-state index in [9.17, 15) is 24.3 Å². The van der Waals surface area contributed by atoms with E-state index >= 15 is 0 Å². The Morgan fingerprint density at radius 3 is 2.22 bits per heavy atom. The van der Waals surface area contributed by atoms with Gasteiger partial charge in [-0.25, -0.2) is 4.79 Å². The Hall–Kier alpha value is -3.88. The van der Waals surface area contributed by atoms with Crippen molar-refractivity contribution in [2.75, 3.05) is 26.7 Å². The van der Waals surface area contributed by atoms with E-state index in [4.69, 9.17) is 9.84 Å². The average molecular weight is 511 g/mol. The molecule has 2 aromatic carbocycles. The van der Waals surface area contributed by atoms with Gasteiger partial charge in [-0.2, -0.15) is 0 Å².